The first-order valence-corrected chi connectivity index (χ1v) is 7.42. The minimum absolute atomic E-state index is 0.0300. The van der Waals surface area contributed by atoms with Gasteiger partial charge in [0.15, 0.2) is 0 Å². The number of benzene rings is 2. The summed E-state index contributed by atoms with van der Waals surface area (Å²) in [5, 5.41) is 7.10. The van der Waals surface area contributed by atoms with Crippen molar-refractivity contribution in [2.24, 2.45) is 0 Å². The lowest BCUT2D eigenvalue weighted by atomic mass is 10.2. The Hall–Kier alpha value is -3.00. The summed E-state index contributed by atoms with van der Waals surface area (Å²) in [5.74, 6) is -0.468. The summed E-state index contributed by atoms with van der Waals surface area (Å²) in [4.78, 5) is 16.2. The first-order valence-electron chi connectivity index (χ1n) is 7.04. The second-order valence-electron chi connectivity index (χ2n) is 4.83. The summed E-state index contributed by atoms with van der Waals surface area (Å²) in [5.41, 5.74) is 1.16. The highest BCUT2D eigenvalue weighted by Gasteiger charge is 2.14. The fourth-order valence-electron chi connectivity index (χ4n) is 2.15. The number of alkyl halides is 2. The van der Waals surface area contributed by atoms with Gasteiger partial charge in [-0.3, -0.25) is 4.79 Å². The number of aromatic nitrogens is 3. The van der Waals surface area contributed by atoms with Crippen molar-refractivity contribution in [1.29, 1.82) is 0 Å². The van der Waals surface area contributed by atoms with Gasteiger partial charge in [-0.15, -0.1) is 0 Å². The summed E-state index contributed by atoms with van der Waals surface area (Å²) in [6.45, 7) is -2.92. The van der Waals surface area contributed by atoms with E-state index in [1.54, 1.807) is 18.2 Å². The maximum absolute atomic E-state index is 12.4. The molecule has 0 atom stereocenters. The van der Waals surface area contributed by atoms with Gasteiger partial charge in [-0.1, -0.05) is 17.7 Å². The Morgan fingerprint density at radius 3 is 2.60 bits per heavy atom. The first-order chi connectivity index (χ1) is 12.0. The average molecular weight is 365 g/mol. The van der Waals surface area contributed by atoms with Gasteiger partial charge in [0.2, 0.25) is 0 Å². The van der Waals surface area contributed by atoms with Gasteiger partial charge in [-0.05, 0) is 36.4 Å². The predicted octanol–water partition coefficient (Wildman–Crippen LogP) is 3.77. The lowest BCUT2D eigenvalue weighted by Crippen LogP contribution is -2.14. The summed E-state index contributed by atoms with van der Waals surface area (Å²) < 4.78 is 30.0. The molecule has 1 heterocycles. The third kappa shape index (κ3) is 3.92. The standard InChI is InChI=1S/C16H11ClF2N4O2/c17-12-2-1-3-13(14(12)23-9-20-8-21-23)22-15(24)10-4-6-11(7-5-10)25-16(18)19/h1-9,16H,(H,22,24). The Morgan fingerprint density at radius 2 is 1.96 bits per heavy atom. The van der Waals surface area contributed by atoms with Crippen LogP contribution in [0, 0.1) is 0 Å². The lowest BCUT2D eigenvalue weighted by molar-refractivity contribution is -0.0498. The number of hydrogen-bond donors (Lipinski definition) is 1. The molecule has 0 unspecified atom stereocenters. The number of ether oxygens (including phenoxy) is 1. The van der Waals surface area contributed by atoms with Crippen LogP contribution < -0.4 is 10.1 Å². The maximum atomic E-state index is 12.4. The number of amides is 1. The van der Waals surface area contributed by atoms with Crippen LogP contribution in [0.3, 0.4) is 0 Å². The summed E-state index contributed by atoms with van der Waals surface area (Å²) in [7, 11) is 0. The van der Waals surface area contributed by atoms with E-state index in [1.807, 2.05) is 0 Å². The van der Waals surface area contributed by atoms with E-state index in [-0.39, 0.29) is 11.3 Å². The van der Waals surface area contributed by atoms with Crippen molar-refractivity contribution in [2.75, 3.05) is 5.32 Å². The zero-order valence-corrected chi connectivity index (χ0v) is 13.3. The molecule has 9 heteroatoms. The van der Waals surface area contributed by atoms with Crippen LogP contribution in [0.15, 0.2) is 55.1 Å². The van der Waals surface area contributed by atoms with Gasteiger partial charge >= 0.3 is 6.61 Å². The number of hydrogen-bond acceptors (Lipinski definition) is 4. The Balaban J connectivity index is 1.83. The monoisotopic (exact) mass is 364 g/mol. The fourth-order valence-corrected chi connectivity index (χ4v) is 2.42. The molecule has 1 N–H and O–H groups in total. The summed E-state index contributed by atoms with van der Waals surface area (Å²) in [6.07, 6.45) is 2.80. The topological polar surface area (TPSA) is 69.0 Å². The van der Waals surface area contributed by atoms with Crippen molar-refractivity contribution >= 4 is 23.2 Å². The highest BCUT2D eigenvalue weighted by atomic mass is 35.5. The van der Waals surface area contributed by atoms with Gasteiger partial charge in [0, 0.05) is 5.56 Å². The molecule has 0 saturated heterocycles. The van der Waals surface area contributed by atoms with Gasteiger partial charge < -0.3 is 10.1 Å². The third-order valence-electron chi connectivity index (χ3n) is 3.22. The molecule has 3 aromatic rings. The number of para-hydroxylation sites is 1. The Morgan fingerprint density at radius 1 is 1.20 bits per heavy atom. The van der Waals surface area contributed by atoms with E-state index in [4.69, 9.17) is 11.6 Å². The average Bonchev–Trinajstić information content (AvgIpc) is 3.09. The van der Waals surface area contributed by atoms with Crippen molar-refractivity contribution in [1.82, 2.24) is 14.8 Å². The predicted molar refractivity (Wildman–Crippen MR) is 87.4 cm³/mol. The van der Waals surface area contributed by atoms with Crippen molar-refractivity contribution in [3.8, 4) is 11.4 Å². The molecule has 0 aliphatic heterocycles. The van der Waals surface area contributed by atoms with Crippen LogP contribution in [0.2, 0.25) is 5.02 Å². The number of nitrogens with one attached hydrogen (secondary N) is 1. The molecular formula is C16H11ClF2N4O2. The molecule has 0 fully saturated rings. The van der Waals surface area contributed by atoms with Gasteiger partial charge in [0.1, 0.15) is 24.1 Å². The second-order valence-corrected chi connectivity index (χ2v) is 5.24. The fraction of sp³-hybridized carbons (Fsp3) is 0.0625. The van der Waals surface area contributed by atoms with Gasteiger partial charge in [-0.2, -0.15) is 13.9 Å². The lowest BCUT2D eigenvalue weighted by Gasteiger charge is -2.12. The molecular weight excluding hydrogens is 354 g/mol. The zero-order valence-electron chi connectivity index (χ0n) is 12.6. The van der Waals surface area contributed by atoms with Crippen LogP contribution in [0.5, 0.6) is 5.75 Å². The number of carbonyl (C=O) groups excluding carboxylic acids is 1. The molecule has 0 radical (unpaired) electrons. The minimum atomic E-state index is -2.92. The molecule has 3 rings (SSSR count). The van der Waals surface area contributed by atoms with Crippen molar-refractivity contribution in [3.05, 3.63) is 65.7 Å². The van der Waals surface area contributed by atoms with E-state index in [0.29, 0.717) is 16.4 Å². The Kier molecular flexibility index (Phi) is 4.90. The maximum Gasteiger partial charge on any atom is 0.387 e. The first kappa shape index (κ1) is 16.8. The highest BCUT2D eigenvalue weighted by Crippen LogP contribution is 2.28. The van der Waals surface area contributed by atoms with E-state index < -0.39 is 12.5 Å². The molecule has 25 heavy (non-hydrogen) atoms. The Bertz CT molecular complexity index is 870. The molecule has 0 bridgehead atoms. The SMILES string of the molecule is O=C(Nc1cccc(Cl)c1-n1cncn1)c1ccc(OC(F)F)cc1. The number of carbonyl (C=O) groups is 1. The zero-order chi connectivity index (χ0) is 17.8. The number of anilines is 1. The smallest absolute Gasteiger partial charge is 0.387 e. The molecule has 2 aromatic carbocycles. The largest absolute Gasteiger partial charge is 0.435 e. The molecule has 0 aliphatic carbocycles. The summed E-state index contributed by atoms with van der Waals surface area (Å²) in [6, 6.07) is 10.3. The molecule has 0 saturated carbocycles. The third-order valence-corrected chi connectivity index (χ3v) is 3.53. The van der Waals surface area contributed by atoms with E-state index in [2.05, 4.69) is 20.1 Å². The highest BCUT2D eigenvalue weighted by molar-refractivity contribution is 6.33. The molecule has 6 nitrogen and oxygen atoms in total. The van der Waals surface area contributed by atoms with Crippen LogP contribution in [0.25, 0.3) is 5.69 Å². The quantitative estimate of drug-likeness (QED) is 0.748. The molecule has 1 amide bonds. The van der Waals surface area contributed by atoms with E-state index >= 15 is 0 Å². The van der Waals surface area contributed by atoms with Crippen molar-refractivity contribution in [2.45, 2.75) is 6.61 Å². The van der Waals surface area contributed by atoms with Gasteiger partial charge in [0.05, 0.1) is 10.7 Å². The van der Waals surface area contributed by atoms with Gasteiger partial charge in [0.25, 0.3) is 5.91 Å². The van der Waals surface area contributed by atoms with Crippen LogP contribution in [-0.4, -0.2) is 27.3 Å². The Labute approximate surface area is 146 Å². The van der Waals surface area contributed by atoms with Crippen LogP contribution in [0.1, 0.15) is 10.4 Å². The van der Waals surface area contributed by atoms with Crippen LogP contribution >= 0.6 is 11.6 Å². The molecule has 1 aromatic heterocycles. The van der Waals surface area contributed by atoms with Crippen molar-refractivity contribution in [3.63, 3.8) is 0 Å². The number of halogens is 3. The number of rotatable bonds is 5. The molecule has 0 aliphatic rings. The van der Waals surface area contributed by atoms with Gasteiger partial charge in [-0.25, -0.2) is 9.67 Å². The van der Waals surface area contributed by atoms with Crippen LogP contribution in [-0.2, 0) is 0 Å². The van der Waals surface area contributed by atoms with E-state index in [1.165, 1.54) is 41.6 Å². The summed E-state index contributed by atoms with van der Waals surface area (Å²) >= 11 is 6.19. The van der Waals surface area contributed by atoms with Crippen LogP contribution in [0.4, 0.5) is 14.5 Å². The molecule has 128 valence electrons. The van der Waals surface area contributed by atoms with E-state index in [0.717, 1.165) is 0 Å². The van der Waals surface area contributed by atoms with Crippen molar-refractivity contribution < 1.29 is 18.3 Å². The normalized spacial score (nSPS) is 10.7. The second kappa shape index (κ2) is 7.27. The number of nitrogens with zero attached hydrogens (tertiary/aromatic N) is 3. The minimum Gasteiger partial charge on any atom is -0.435 e. The molecule has 0 spiro atoms. The van der Waals surface area contributed by atoms with E-state index in [9.17, 15) is 13.6 Å².